The molecule has 210 valence electrons. The number of para-hydroxylation sites is 1. The number of nitrogens with one attached hydrogen (secondary N) is 3. The van der Waals surface area contributed by atoms with Crippen LogP contribution in [0.3, 0.4) is 0 Å². The number of aromatic nitrogens is 1. The fourth-order valence-corrected chi connectivity index (χ4v) is 4.75. The standard InChI is InChI=1S/C29H34N6O5/c30-26(36)17-24(34-28(38)23-13-12-20-10-4-5-11-22(20)33-23)27(37)31-14-6-7-15-35(40)29(39)25-16-21(18-32-25)19-8-2-1-3-9-19/h1-5,8-13,21,24-25,32,40H,6-7,14-18H2,(H2,30,36)(H,31,37)(H,34,38)/t21-,24+,25+/m1/s1. The lowest BCUT2D eigenvalue weighted by atomic mass is 9.96. The third kappa shape index (κ3) is 7.61. The molecule has 3 aromatic rings. The Kier molecular flexibility index (Phi) is 9.76. The Labute approximate surface area is 232 Å². The molecule has 6 N–H and O–H groups in total. The number of primary amides is 1. The van der Waals surface area contributed by atoms with Gasteiger partial charge in [-0.05, 0) is 42.9 Å². The van der Waals surface area contributed by atoms with Crippen molar-refractivity contribution in [3.05, 3.63) is 78.0 Å². The van der Waals surface area contributed by atoms with Gasteiger partial charge in [-0.1, -0.05) is 54.6 Å². The van der Waals surface area contributed by atoms with Crippen molar-refractivity contribution >= 4 is 34.5 Å². The number of benzene rings is 2. The van der Waals surface area contributed by atoms with E-state index in [-0.39, 0.29) is 37.0 Å². The van der Waals surface area contributed by atoms with Crippen molar-refractivity contribution in [1.82, 2.24) is 26.0 Å². The summed E-state index contributed by atoms with van der Waals surface area (Å²) in [5, 5.41) is 20.2. The summed E-state index contributed by atoms with van der Waals surface area (Å²) in [6.45, 7) is 0.996. The van der Waals surface area contributed by atoms with E-state index < -0.39 is 29.8 Å². The van der Waals surface area contributed by atoms with Crippen LogP contribution in [-0.2, 0) is 14.4 Å². The summed E-state index contributed by atoms with van der Waals surface area (Å²) in [6, 6.07) is 18.9. The van der Waals surface area contributed by atoms with E-state index in [9.17, 15) is 24.4 Å². The van der Waals surface area contributed by atoms with Crippen molar-refractivity contribution < 1.29 is 24.4 Å². The first-order chi connectivity index (χ1) is 19.3. The predicted molar refractivity (Wildman–Crippen MR) is 148 cm³/mol. The van der Waals surface area contributed by atoms with Gasteiger partial charge in [0.05, 0.1) is 18.0 Å². The number of nitrogens with two attached hydrogens (primary N) is 1. The average molecular weight is 547 g/mol. The number of nitrogens with zero attached hydrogens (tertiary/aromatic N) is 2. The summed E-state index contributed by atoms with van der Waals surface area (Å²) in [5.74, 6) is -2.07. The van der Waals surface area contributed by atoms with Crippen molar-refractivity contribution in [3.8, 4) is 0 Å². The van der Waals surface area contributed by atoms with E-state index >= 15 is 0 Å². The molecule has 0 unspecified atom stereocenters. The van der Waals surface area contributed by atoms with Crippen molar-refractivity contribution in [2.45, 2.75) is 43.7 Å². The summed E-state index contributed by atoms with van der Waals surface area (Å²) in [6.07, 6.45) is 1.13. The highest BCUT2D eigenvalue weighted by molar-refractivity contribution is 5.99. The van der Waals surface area contributed by atoms with Gasteiger partial charge in [0.2, 0.25) is 11.8 Å². The van der Waals surface area contributed by atoms with Gasteiger partial charge in [0.1, 0.15) is 11.7 Å². The Morgan fingerprint density at radius 3 is 2.55 bits per heavy atom. The van der Waals surface area contributed by atoms with E-state index in [1.807, 2.05) is 42.5 Å². The van der Waals surface area contributed by atoms with Gasteiger partial charge < -0.3 is 21.7 Å². The molecular weight excluding hydrogens is 512 g/mol. The van der Waals surface area contributed by atoms with Gasteiger partial charge in [-0.3, -0.25) is 24.4 Å². The molecule has 1 aliphatic rings. The Balaban J connectivity index is 1.20. The number of rotatable bonds is 12. The van der Waals surface area contributed by atoms with Crippen LogP contribution in [0.1, 0.15) is 47.7 Å². The molecule has 1 aromatic heterocycles. The monoisotopic (exact) mass is 546 g/mol. The van der Waals surface area contributed by atoms with E-state index in [1.165, 1.54) is 0 Å². The summed E-state index contributed by atoms with van der Waals surface area (Å²) >= 11 is 0. The van der Waals surface area contributed by atoms with Crippen LogP contribution in [0.2, 0.25) is 0 Å². The first-order valence-corrected chi connectivity index (χ1v) is 13.3. The molecule has 0 aliphatic carbocycles. The fraction of sp³-hybridized carbons (Fsp3) is 0.345. The molecule has 0 bridgehead atoms. The second kappa shape index (κ2) is 13.6. The molecule has 40 heavy (non-hydrogen) atoms. The smallest absolute Gasteiger partial charge is 0.270 e. The van der Waals surface area contributed by atoms with E-state index in [4.69, 9.17) is 5.73 Å². The molecule has 3 atom stereocenters. The van der Waals surface area contributed by atoms with Crippen molar-refractivity contribution in [1.29, 1.82) is 0 Å². The lowest BCUT2D eigenvalue weighted by molar-refractivity contribution is -0.167. The van der Waals surface area contributed by atoms with E-state index in [1.54, 1.807) is 24.3 Å². The van der Waals surface area contributed by atoms with Gasteiger partial charge in [-0.25, -0.2) is 10.0 Å². The number of amides is 4. The normalized spacial score (nSPS) is 17.2. The zero-order valence-electron chi connectivity index (χ0n) is 22.1. The van der Waals surface area contributed by atoms with Crippen LogP contribution in [0.5, 0.6) is 0 Å². The molecule has 4 rings (SSSR count). The van der Waals surface area contributed by atoms with Crippen LogP contribution >= 0.6 is 0 Å². The molecule has 1 fully saturated rings. The third-order valence-corrected chi connectivity index (χ3v) is 6.91. The molecule has 1 saturated heterocycles. The Bertz CT molecular complexity index is 1350. The van der Waals surface area contributed by atoms with Gasteiger partial charge in [0, 0.05) is 25.0 Å². The SMILES string of the molecule is NC(=O)C[C@H](NC(=O)c1ccc2ccccc2n1)C(=O)NCCCCN(O)C(=O)[C@@H]1C[C@@H](c2ccccc2)CN1. The number of carbonyl (C=O) groups excluding carboxylic acids is 4. The number of fused-ring (bicyclic) bond motifs is 1. The van der Waals surface area contributed by atoms with Crippen molar-refractivity contribution in [2.75, 3.05) is 19.6 Å². The molecule has 0 saturated carbocycles. The highest BCUT2D eigenvalue weighted by Crippen LogP contribution is 2.26. The van der Waals surface area contributed by atoms with Crippen LogP contribution in [0, 0.1) is 0 Å². The number of unbranched alkanes of at least 4 members (excludes halogenated alkanes) is 1. The molecule has 11 nitrogen and oxygen atoms in total. The number of hydroxylamine groups is 2. The first-order valence-electron chi connectivity index (χ1n) is 13.3. The summed E-state index contributed by atoms with van der Waals surface area (Å²) in [4.78, 5) is 53.9. The van der Waals surface area contributed by atoms with Crippen LogP contribution in [0.4, 0.5) is 0 Å². The molecule has 11 heteroatoms. The lowest BCUT2D eigenvalue weighted by Crippen LogP contribution is -2.49. The minimum absolute atomic E-state index is 0.109. The van der Waals surface area contributed by atoms with Crippen LogP contribution in [-0.4, -0.2) is 70.6 Å². The molecule has 2 heterocycles. The molecule has 1 aliphatic heterocycles. The number of hydrogen-bond donors (Lipinski definition) is 5. The predicted octanol–water partition coefficient (Wildman–Crippen LogP) is 1.47. The molecular formula is C29H34N6O5. The van der Waals surface area contributed by atoms with Crippen molar-refractivity contribution in [3.63, 3.8) is 0 Å². The number of carbonyl (C=O) groups is 4. The van der Waals surface area contributed by atoms with Gasteiger partial charge in [0.15, 0.2) is 0 Å². The fourth-order valence-electron chi connectivity index (χ4n) is 4.75. The minimum Gasteiger partial charge on any atom is -0.370 e. The quantitative estimate of drug-likeness (QED) is 0.130. The highest BCUT2D eigenvalue weighted by Gasteiger charge is 2.32. The van der Waals surface area contributed by atoms with E-state index in [0.29, 0.717) is 31.3 Å². The molecule has 0 radical (unpaired) electrons. The van der Waals surface area contributed by atoms with Crippen LogP contribution < -0.4 is 21.7 Å². The summed E-state index contributed by atoms with van der Waals surface area (Å²) in [7, 11) is 0. The van der Waals surface area contributed by atoms with Gasteiger partial charge in [-0.2, -0.15) is 0 Å². The van der Waals surface area contributed by atoms with Gasteiger partial charge in [-0.15, -0.1) is 0 Å². The largest absolute Gasteiger partial charge is 0.370 e. The topological polar surface area (TPSA) is 167 Å². The maximum atomic E-state index is 12.7. The molecule has 2 aromatic carbocycles. The zero-order chi connectivity index (χ0) is 28.5. The Morgan fingerprint density at radius 2 is 1.77 bits per heavy atom. The first kappa shape index (κ1) is 28.7. The van der Waals surface area contributed by atoms with E-state index in [2.05, 4.69) is 20.9 Å². The van der Waals surface area contributed by atoms with Crippen LogP contribution in [0.15, 0.2) is 66.7 Å². The second-order valence-electron chi connectivity index (χ2n) is 9.85. The minimum atomic E-state index is -1.17. The van der Waals surface area contributed by atoms with E-state index in [0.717, 1.165) is 16.0 Å². The summed E-state index contributed by atoms with van der Waals surface area (Å²) < 4.78 is 0. The number of hydrogen-bond acceptors (Lipinski definition) is 7. The number of pyridine rings is 1. The zero-order valence-corrected chi connectivity index (χ0v) is 22.1. The highest BCUT2D eigenvalue weighted by atomic mass is 16.5. The second-order valence-corrected chi connectivity index (χ2v) is 9.85. The molecule has 0 spiro atoms. The maximum Gasteiger partial charge on any atom is 0.270 e. The maximum absolute atomic E-state index is 12.7. The lowest BCUT2D eigenvalue weighted by Gasteiger charge is -2.20. The third-order valence-electron chi connectivity index (χ3n) is 6.91. The van der Waals surface area contributed by atoms with Crippen molar-refractivity contribution in [2.24, 2.45) is 5.73 Å². The van der Waals surface area contributed by atoms with Gasteiger partial charge in [0.25, 0.3) is 11.8 Å². The summed E-state index contributed by atoms with van der Waals surface area (Å²) in [5.41, 5.74) is 7.19. The average Bonchev–Trinajstić information content (AvgIpc) is 3.46. The van der Waals surface area contributed by atoms with Crippen LogP contribution in [0.25, 0.3) is 10.9 Å². The molecule has 4 amide bonds. The Morgan fingerprint density at radius 1 is 1.02 bits per heavy atom. The Hall–Kier alpha value is -4.35. The van der Waals surface area contributed by atoms with Gasteiger partial charge >= 0.3 is 0 Å².